The molecule has 0 saturated carbocycles. The van der Waals surface area contributed by atoms with Crippen LogP contribution in [0.15, 0.2) is 6.20 Å². The first kappa shape index (κ1) is 8.82. The van der Waals surface area contributed by atoms with Crippen molar-refractivity contribution in [1.29, 1.82) is 0 Å². The van der Waals surface area contributed by atoms with E-state index in [0.717, 1.165) is 0 Å². The van der Waals surface area contributed by atoms with Crippen molar-refractivity contribution in [3.63, 3.8) is 0 Å². The lowest BCUT2D eigenvalue weighted by molar-refractivity contribution is -0.120. The van der Waals surface area contributed by atoms with Crippen molar-refractivity contribution >= 4 is 11.8 Å². The van der Waals surface area contributed by atoms with Crippen LogP contribution in [0.5, 0.6) is 0 Å². The van der Waals surface area contributed by atoms with Gasteiger partial charge in [-0.3, -0.25) is 4.79 Å². The zero-order valence-corrected chi connectivity index (χ0v) is 7.08. The molecule has 1 unspecified atom stereocenters. The van der Waals surface area contributed by atoms with Crippen LogP contribution < -0.4 is 0 Å². The van der Waals surface area contributed by atoms with Crippen LogP contribution in [0.4, 0.5) is 0 Å². The van der Waals surface area contributed by atoms with Gasteiger partial charge in [0.15, 0.2) is 11.5 Å². The number of carbonyl (C=O) groups is 2. The first-order valence-corrected chi connectivity index (χ1v) is 3.94. The SMILES string of the molecule is O=C(O)c1cn(C2COCC2=O)nn1. The number of nitrogens with zero attached hydrogens (tertiary/aromatic N) is 3. The van der Waals surface area contributed by atoms with Crippen LogP contribution in [-0.4, -0.2) is 45.1 Å². The van der Waals surface area contributed by atoms with Crippen molar-refractivity contribution in [2.75, 3.05) is 13.2 Å². The van der Waals surface area contributed by atoms with Gasteiger partial charge in [-0.15, -0.1) is 5.10 Å². The van der Waals surface area contributed by atoms with Crippen LogP contribution in [0.3, 0.4) is 0 Å². The Bertz CT molecular complexity index is 386. The fourth-order valence-electron chi connectivity index (χ4n) is 1.21. The van der Waals surface area contributed by atoms with Gasteiger partial charge in [-0.05, 0) is 0 Å². The summed E-state index contributed by atoms with van der Waals surface area (Å²) in [4.78, 5) is 21.7. The fraction of sp³-hybridized carbons (Fsp3) is 0.429. The molecule has 0 spiro atoms. The van der Waals surface area contributed by atoms with Gasteiger partial charge in [-0.2, -0.15) is 0 Å². The predicted octanol–water partition coefficient (Wildman–Crippen LogP) is -0.883. The second-order valence-corrected chi connectivity index (χ2v) is 2.89. The molecule has 0 aliphatic carbocycles. The molecule has 1 fully saturated rings. The molecule has 0 amide bonds. The minimum Gasteiger partial charge on any atom is -0.476 e. The lowest BCUT2D eigenvalue weighted by Gasteiger charge is -2.03. The number of ketones is 1. The van der Waals surface area contributed by atoms with Crippen molar-refractivity contribution in [3.8, 4) is 0 Å². The average molecular weight is 197 g/mol. The van der Waals surface area contributed by atoms with Gasteiger partial charge >= 0.3 is 5.97 Å². The van der Waals surface area contributed by atoms with Crippen LogP contribution in [0.2, 0.25) is 0 Å². The van der Waals surface area contributed by atoms with Crippen LogP contribution >= 0.6 is 0 Å². The first-order chi connectivity index (χ1) is 6.68. The zero-order valence-electron chi connectivity index (χ0n) is 7.08. The summed E-state index contributed by atoms with van der Waals surface area (Å²) in [7, 11) is 0. The van der Waals surface area contributed by atoms with E-state index in [1.165, 1.54) is 10.9 Å². The van der Waals surface area contributed by atoms with E-state index in [9.17, 15) is 9.59 Å². The van der Waals surface area contributed by atoms with Crippen LogP contribution in [0.25, 0.3) is 0 Å². The molecule has 2 heterocycles. The number of Topliss-reactive ketones (excluding diaryl/α,β-unsaturated/α-hetero) is 1. The van der Waals surface area contributed by atoms with E-state index in [4.69, 9.17) is 9.84 Å². The number of aromatic carboxylic acids is 1. The second kappa shape index (κ2) is 3.18. The summed E-state index contributed by atoms with van der Waals surface area (Å²) >= 11 is 0. The van der Waals surface area contributed by atoms with Crippen molar-refractivity contribution in [2.45, 2.75) is 6.04 Å². The third-order valence-electron chi connectivity index (χ3n) is 1.94. The van der Waals surface area contributed by atoms with Gasteiger partial charge in [0.25, 0.3) is 0 Å². The molecule has 1 N–H and O–H groups in total. The maximum Gasteiger partial charge on any atom is 0.358 e. The highest BCUT2D eigenvalue weighted by Crippen LogP contribution is 2.13. The number of carbonyl (C=O) groups excluding carboxylic acids is 1. The number of hydrogen-bond donors (Lipinski definition) is 1. The van der Waals surface area contributed by atoms with Gasteiger partial charge in [0.05, 0.1) is 12.8 Å². The van der Waals surface area contributed by atoms with Crippen LogP contribution in [0, 0.1) is 0 Å². The molecule has 1 aliphatic heterocycles. The molecule has 0 bridgehead atoms. The molecular weight excluding hydrogens is 190 g/mol. The van der Waals surface area contributed by atoms with E-state index in [1.807, 2.05) is 0 Å². The average Bonchev–Trinajstić information content (AvgIpc) is 2.71. The van der Waals surface area contributed by atoms with Gasteiger partial charge in [0.2, 0.25) is 0 Å². The molecule has 1 aromatic heterocycles. The Labute approximate surface area is 78.3 Å². The summed E-state index contributed by atoms with van der Waals surface area (Å²) in [5.41, 5.74) is -0.176. The van der Waals surface area contributed by atoms with Gasteiger partial charge in [-0.1, -0.05) is 5.21 Å². The Morgan fingerprint density at radius 3 is 3.00 bits per heavy atom. The summed E-state index contributed by atoms with van der Waals surface area (Å²) in [6.07, 6.45) is 1.22. The van der Waals surface area contributed by atoms with Crippen molar-refractivity contribution < 1.29 is 19.4 Å². The molecule has 74 valence electrons. The fourth-order valence-corrected chi connectivity index (χ4v) is 1.21. The highest BCUT2D eigenvalue weighted by molar-refractivity contribution is 5.86. The van der Waals surface area contributed by atoms with E-state index in [1.54, 1.807) is 0 Å². The molecule has 0 aromatic carbocycles. The Morgan fingerprint density at radius 1 is 1.71 bits per heavy atom. The highest BCUT2D eigenvalue weighted by atomic mass is 16.5. The minimum absolute atomic E-state index is 0.0485. The van der Waals surface area contributed by atoms with Crippen molar-refractivity contribution in [3.05, 3.63) is 11.9 Å². The molecular formula is C7H7N3O4. The molecule has 1 aromatic rings. The largest absolute Gasteiger partial charge is 0.476 e. The van der Waals surface area contributed by atoms with Crippen molar-refractivity contribution in [1.82, 2.24) is 15.0 Å². The first-order valence-electron chi connectivity index (χ1n) is 3.94. The summed E-state index contributed by atoms with van der Waals surface area (Å²) in [6.45, 7) is 0.272. The van der Waals surface area contributed by atoms with E-state index in [-0.39, 0.29) is 24.7 Å². The molecule has 7 nitrogen and oxygen atoms in total. The lowest BCUT2D eigenvalue weighted by atomic mass is 10.2. The molecule has 14 heavy (non-hydrogen) atoms. The number of aromatic nitrogens is 3. The van der Waals surface area contributed by atoms with E-state index >= 15 is 0 Å². The van der Waals surface area contributed by atoms with Crippen molar-refractivity contribution in [2.24, 2.45) is 0 Å². The maximum atomic E-state index is 11.2. The monoisotopic (exact) mass is 197 g/mol. The second-order valence-electron chi connectivity index (χ2n) is 2.89. The molecule has 7 heteroatoms. The summed E-state index contributed by atoms with van der Waals surface area (Å²) in [5, 5.41) is 15.5. The van der Waals surface area contributed by atoms with Crippen LogP contribution in [-0.2, 0) is 9.53 Å². The zero-order chi connectivity index (χ0) is 10.1. The molecule has 1 atom stereocenters. The van der Waals surface area contributed by atoms with Gasteiger partial charge in [0.1, 0.15) is 12.6 Å². The number of carboxylic acid groups (broad SMARTS) is 1. The molecule has 2 rings (SSSR count). The molecule has 1 aliphatic rings. The summed E-state index contributed by atoms with van der Waals surface area (Å²) in [5.74, 6) is -1.28. The number of carboxylic acids is 1. The lowest BCUT2D eigenvalue weighted by Crippen LogP contribution is -2.17. The van der Waals surface area contributed by atoms with Gasteiger partial charge in [0, 0.05) is 0 Å². The standard InChI is InChI=1S/C7H7N3O4/c11-6-3-14-2-5(6)10-1-4(7(12)13)8-9-10/h1,5H,2-3H2,(H,12,13). The van der Waals surface area contributed by atoms with E-state index in [0.29, 0.717) is 0 Å². The quantitative estimate of drug-likeness (QED) is 0.661. The van der Waals surface area contributed by atoms with E-state index < -0.39 is 12.0 Å². The molecule has 1 saturated heterocycles. The van der Waals surface area contributed by atoms with Gasteiger partial charge < -0.3 is 9.84 Å². The number of ether oxygens (including phenoxy) is 1. The summed E-state index contributed by atoms with van der Waals surface area (Å²) in [6, 6.07) is -0.532. The minimum atomic E-state index is -1.16. The summed E-state index contributed by atoms with van der Waals surface area (Å²) < 4.78 is 6.13. The highest BCUT2D eigenvalue weighted by Gasteiger charge is 2.28. The third-order valence-corrected chi connectivity index (χ3v) is 1.94. The van der Waals surface area contributed by atoms with Crippen LogP contribution in [0.1, 0.15) is 16.5 Å². The Morgan fingerprint density at radius 2 is 2.50 bits per heavy atom. The maximum absolute atomic E-state index is 11.2. The molecule has 0 radical (unpaired) electrons. The smallest absolute Gasteiger partial charge is 0.358 e. The third kappa shape index (κ3) is 1.37. The van der Waals surface area contributed by atoms with Gasteiger partial charge in [-0.25, -0.2) is 9.48 Å². The van der Waals surface area contributed by atoms with E-state index in [2.05, 4.69) is 10.3 Å². The normalized spacial score (nSPS) is 21.4. The number of rotatable bonds is 2. The number of hydrogen-bond acceptors (Lipinski definition) is 5. The Balaban J connectivity index is 2.24. The Kier molecular flexibility index (Phi) is 2.01. The topological polar surface area (TPSA) is 94.3 Å². The Hall–Kier alpha value is -1.76. The predicted molar refractivity (Wildman–Crippen MR) is 41.8 cm³/mol.